The van der Waals surface area contributed by atoms with Crippen molar-refractivity contribution >= 4 is 11.9 Å². The average molecular weight is 264 g/mol. The van der Waals surface area contributed by atoms with Crippen LogP contribution in [0.2, 0.25) is 0 Å². The second-order valence-corrected chi connectivity index (χ2v) is 5.38. The van der Waals surface area contributed by atoms with Crippen LogP contribution in [0.15, 0.2) is 41.4 Å². The molecule has 102 valence electrons. The van der Waals surface area contributed by atoms with Crippen molar-refractivity contribution < 1.29 is 0 Å². The Kier molecular flexibility index (Phi) is 3.55. The third-order valence-electron chi connectivity index (χ3n) is 4.00. The van der Waals surface area contributed by atoms with E-state index in [2.05, 4.69) is 60.6 Å². The van der Waals surface area contributed by atoms with Gasteiger partial charge in [0.15, 0.2) is 0 Å². The average Bonchev–Trinajstić information content (AvgIpc) is 2.50. The van der Waals surface area contributed by atoms with Crippen LogP contribution < -0.4 is 5.32 Å². The number of hydrogen-bond donors (Lipinski definition) is 1. The molecule has 0 saturated heterocycles. The van der Waals surface area contributed by atoms with Crippen LogP contribution in [0.1, 0.15) is 27.8 Å². The number of benzene rings is 2. The van der Waals surface area contributed by atoms with Crippen LogP contribution in [0.3, 0.4) is 0 Å². The zero-order chi connectivity index (χ0) is 13.9. The fourth-order valence-electron chi connectivity index (χ4n) is 2.82. The predicted octanol–water partition coefficient (Wildman–Crippen LogP) is 3.89. The molecule has 0 unspecified atom stereocenters. The van der Waals surface area contributed by atoms with Gasteiger partial charge in [-0.25, -0.2) is 0 Å². The van der Waals surface area contributed by atoms with Gasteiger partial charge in [0.25, 0.3) is 0 Å². The van der Waals surface area contributed by atoms with Crippen LogP contribution in [0.25, 0.3) is 0 Å². The van der Waals surface area contributed by atoms with Gasteiger partial charge in [-0.3, -0.25) is 4.99 Å². The molecule has 0 atom stereocenters. The molecule has 0 aromatic heterocycles. The molecule has 2 aromatic carbocycles. The maximum Gasteiger partial charge on any atom is 0.0430 e. The van der Waals surface area contributed by atoms with E-state index in [1.165, 1.54) is 33.5 Å². The van der Waals surface area contributed by atoms with Gasteiger partial charge in [0.2, 0.25) is 0 Å². The summed E-state index contributed by atoms with van der Waals surface area (Å²) in [6, 6.07) is 12.8. The summed E-state index contributed by atoms with van der Waals surface area (Å²) in [7, 11) is 0. The van der Waals surface area contributed by atoms with Crippen LogP contribution in [0.5, 0.6) is 0 Å². The summed E-state index contributed by atoms with van der Waals surface area (Å²) in [6.45, 7) is 6.16. The summed E-state index contributed by atoms with van der Waals surface area (Å²) in [4.78, 5) is 4.40. The number of rotatable bonds is 3. The highest BCUT2D eigenvalue weighted by molar-refractivity contribution is 5.87. The van der Waals surface area contributed by atoms with Crippen molar-refractivity contribution in [1.82, 2.24) is 0 Å². The van der Waals surface area contributed by atoms with E-state index in [1.54, 1.807) is 0 Å². The summed E-state index contributed by atoms with van der Waals surface area (Å²) in [5.74, 6) is 0. The minimum atomic E-state index is 0.869. The molecule has 2 nitrogen and oxygen atoms in total. The molecule has 1 N–H and O–H groups in total. The second kappa shape index (κ2) is 5.49. The van der Waals surface area contributed by atoms with Gasteiger partial charge < -0.3 is 5.32 Å². The molecule has 20 heavy (non-hydrogen) atoms. The second-order valence-electron chi connectivity index (χ2n) is 5.38. The molecular weight excluding hydrogens is 244 g/mol. The highest BCUT2D eigenvalue weighted by atomic mass is 14.9. The quantitative estimate of drug-likeness (QED) is 0.893. The molecule has 0 saturated carbocycles. The zero-order valence-corrected chi connectivity index (χ0v) is 12.1. The molecule has 1 aliphatic heterocycles. The van der Waals surface area contributed by atoms with Crippen molar-refractivity contribution in [3.05, 3.63) is 64.2 Å². The maximum atomic E-state index is 4.40. The topological polar surface area (TPSA) is 24.4 Å². The fourth-order valence-corrected chi connectivity index (χ4v) is 2.82. The first kappa shape index (κ1) is 12.9. The molecule has 1 heterocycles. The Hall–Kier alpha value is -2.09. The number of anilines is 1. The van der Waals surface area contributed by atoms with E-state index in [1.807, 2.05) is 6.21 Å². The van der Waals surface area contributed by atoms with E-state index < -0.39 is 0 Å². The predicted molar refractivity (Wildman–Crippen MR) is 85.8 cm³/mol. The van der Waals surface area contributed by atoms with Gasteiger partial charge in [-0.05, 0) is 54.2 Å². The third-order valence-corrected chi connectivity index (χ3v) is 4.00. The third kappa shape index (κ3) is 2.46. The van der Waals surface area contributed by atoms with Gasteiger partial charge in [-0.15, -0.1) is 0 Å². The van der Waals surface area contributed by atoms with Crippen molar-refractivity contribution in [3.8, 4) is 0 Å². The van der Waals surface area contributed by atoms with Gasteiger partial charge in [-0.1, -0.05) is 30.3 Å². The number of nitrogens with one attached hydrogen (secondary N) is 1. The molecule has 0 fully saturated rings. The van der Waals surface area contributed by atoms with Gasteiger partial charge in [-0.2, -0.15) is 0 Å². The molecule has 0 bridgehead atoms. The van der Waals surface area contributed by atoms with Crippen molar-refractivity contribution in [1.29, 1.82) is 0 Å². The molecule has 2 heteroatoms. The molecule has 1 aliphatic rings. The van der Waals surface area contributed by atoms with Crippen LogP contribution >= 0.6 is 0 Å². The Morgan fingerprint density at radius 1 is 1.15 bits per heavy atom. The fraction of sp³-hybridized carbons (Fsp3) is 0.278. The number of hydrogen-bond acceptors (Lipinski definition) is 2. The molecular formula is C18H20N2. The summed E-state index contributed by atoms with van der Waals surface area (Å²) in [6.07, 6.45) is 3.08. The monoisotopic (exact) mass is 264 g/mol. The first-order valence-corrected chi connectivity index (χ1v) is 7.16. The Morgan fingerprint density at radius 2 is 1.95 bits per heavy atom. The van der Waals surface area contributed by atoms with E-state index in [-0.39, 0.29) is 0 Å². The van der Waals surface area contributed by atoms with Crippen LogP contribution in [-0.4, -0.2) is 12.8 Å². The van der Waals surface area contributed by atoms with E-state index in [4.69, 9.17) is 0 Å². The molecule has 0 spiro atoms. The number of nitrogens with zero attached hydrogens (tertiary/aromatic N) is 1. The summed E-state index contributed by atoms with van der Waals surface area (Å²) in [5.41, 5.74) is 8.01. The zero-order valence-electron chi connectivity index (χ0n) is 12.1. The van der Waals surface area contributed by atoms with Gasteiger partial charge >= 0.3 is 0 Å². The van der Waals surface area contributed by atoms with E-state index in [0.717, 1.165) is 19.5 Å². The Morgan fingerprint density at radius 3 is 2.75 bits per heavy atom. The lowest BCUT2D eigenvalue weighted by Crippen LogP contribution is -2.10. The lowest BCUT2D eigenvalue weighted by molar-refractivity contribution is 0.936. The summed E-state index contributed by atoms with van der Waals surface area (Å²) in [5, 5.41) is 3.58. The lowest BCUT2D eigenvalue weighted by atomic mass is 9.92. The number of fused-ring (bicyclic) bond motifs is 1. The first-order valence-electron chi connectivity index (χ1n) is 7.16. The number of aliphatic imine (C=N–C) groups is 1. The van der Waals surface area contributed by atoms with Crippen LogP contribution in [0, 0.1) is 13.8 Å². The smallest absolute Gasteiger partial charge is 0.0430 e. The number of aryl methyl sites for hydroxylation is 1. The minimum Gasteiger partial charge on any atom is -0.381 e. The van der Waals surface area contributed by atoms with E-state index in [0.29, 0.717) is 0 Å². The standard InChI is InChI=1S/C18H20N2/c1-13-10-18(20-11-15-6-4-3-5-7-15)14(2)16-8-9-19-12-17(13)16/h3-7,10,12,20H,8-9,11H2,1-2H3. The molecule has 0 aliphatic carbocycles. The normalized spacial score (nSPS) is 13.1. The molecule has 2 aromatic rings. The highest BCUT2D eigenvalue weighted by Crippen LogP contribution is 2.28. The van der Waals surface area contributed by atoms with Crippen molar-refractivity contribution in [2.75, 3.05) is 11.9 Å². The van der Waals surface area contributed by atoms with Crippen LogP contribution in [0.4, 0.5) is 5.69 Å². The highest BCUT2D eigenvalue weighted by Gasteiger charge is 2.14. The maximum absolute atomic E-state index is 4.40. The SMILES string of the molecule is Cc1cc(NCc2ccccc2)c(C)c2c1C=NCC2. The first-order chi connectivity index (χ1) is 9.75. The van der Waals surface area contributed by atoms with Gasteiger partial charge in [0.05, 0.1) is 0 Å². The largest absolute Gasteiger partial charge is 0.381 e. The molecule has 0 radical (unpaired) electrons. The van der Waals surface area contributed by atoms with E-state index in [9.17, 15) is 0 Å². The van der Waals surface area contributed by atoms with E-state index >= 15 is 0 Å². The summed E-state index contributed by atoms with van der Waals surface area (Å²) >= 11 is 0. The van der Waals surface area contributed by atoms with Crippen LogP contribution in [-0.2, 0) is 13.0 Å². The molecule has 0 amide bonds. The lowest BCUT2D eigenvalue weighted by Gasteiger charge is -2.20. The van der Waals surface area contributed by atoms with Crippen molar-refractivity contribution in [3.63, 3.8) is 0 Å². The van der Waals surface area contributed by atoms with Crippen molar-refractivity contribution in [2.24, 2.45) is 4.99 Å². The Balaban J connectivity index is 1.87. The molecule has 3 rings (SSSR count). The minimum absolute atomic E-state index is 0.869. The Bertz CT molecular complexity index is 642. The summed E-state index contributed by atoms with van der Waals surface area (Å²) < 4.78 is 0. The van der Waals surface area contributed by atoms with Gasteiger partial charge in [0, 0.05) is 25.0 Å². The Labute approximate surface area is 120 Å². The van der Waals surface area contributed by atoms with Gasteiger partial charge in [0.1, 0.15) is 0 Å². The van der Waals surface area contributed by atoms with Crippen molar-refractivity contribution in [2.45, 2.75) is 26.8 Å².